The normalized spacial score (nSPS) is 25.9. The number of hydrogen-bond donors (Lipinski definition) is 1. The van der Waals surface area contributed by atoms with Crippen molar-refractivity contribution in [3.05, 3.63) is 0 Å². The van der Waals surface area contributed by atoms with Crippen LogP contribution in [0.4, 0.5) is 35.1 Å². The van der Waals surface area contributed by atoms with E-state index in [2.05, 4.69) is 14.2 Å². The van der Waals surface area contributed by atoms with Gasteiger partial charge in [0.2, 0.25) is 0 Å². The Morgan fingerprint density at radius 2 is 1.33 bits per heavy atom. The summed E-state index contributed by atoms with van der Waals surface area (Å²) >= 11 is 0. The van der Waals surface area contributed by atoms with Crippen LogP contribution in [0.1, 0.15) is 38.5 Å². The molecule has 0 aromatic carbocycles. The first-order valence-electron chi connectivity index (χ1n) is 12.4. The Kier molecular flexibility index (Phi) is 9.76. The standard InChI is InChI=1S/C22H26F8O11S/c23-20(24,25)15(31)38-8-18(9-39-16(32)21(26,27)28)10-40-19(41-11-18)13-3-1-2-12(6-13)7-14(19)4-5-37-17(33)22(29,30)42(34,35)36/h12-14H,1-11H2,(H,34,35,36). The molecule has 0 radical (unpaired) electrons. The number of fused-ring (bicyclic) bond motifs is 3. The molecule has 1 heterocycles. The van der Waals surface area contributed by atoms with Crippen molar-refractivity contribution in [2.75, 3.05) is 33.0 Å². The molecule has 242 valence electrons. The summed E-state index contributed by atoms with van der Waals surface area (Å²) in [7, 11) is -6.12. The maximum atomic E-state index is 13.5. The van der Waals surface area contributed by atoms with Crippen LogP contribution in [0.3, 0.4) is 0 Å². The zero-order chi connectivity index (χ0) is 31.8. The summed E-state index contributed by atoms with van der Waals surface area (Å²) in [5.41, 5.74) is -2.01. The first-order chi connectivity index (χ1) is 19.1. The molecule has 3 rings (SSSR count). The number of halogens is 8. The minimum atomic E-state index is -6.12. The average Bonchev–Trinajstić information content (AvgIpc) is 2.88. The molecule has 11 nitrogen and oxygen atoms in total. The van der Waals surface area contributed by atoms with Gasteiger partial charge in [0.1, 0.15) is 13.2 Å². The Morgan fingerprint density at radius 3 is 1.81 bits per heavy atom. The summed E-state index contributed by atoms with van der Waals surface area (Å²) in [5, 5.41) is -5.24. The van der Waals surface area contributed by atoms with Gasteiger partial charge in [-0.05, 0) is 31.6 Å². The van der Waals surface area contributed by atoms with E-state index in [1.807, 2.05) is 0 Å². The van der Waals surface area contributed by atoms with E-state index in [0.29, 0.717) is 25.7 Å². The number of alkyl halides is 8. The SMILES string of the molecule is O=C(OCC1(COC(=O)C(F)(F)F)COC2(OC1)C1CCCC(C1)CC2CCOC(=O)C(F)(F)S(=O)(=O)O)C(F)(F)F. The molecule has 1 spiro atoms. The van der Waals surface area contributed by atoms with Crippen LogP contribution < -0.4 is 0 Å². The van der Waals surface area contributed by atoms with E-state index in [9.17, 15) is 57.9 Å². The Morgan fingerprint density at radius 1 is 0.810 bits per heavy atom. The van der Waals surface area contributed by atoms with E-state index in [0.717, 1.165) is 6.42 Å². The van der Waals surface area contributed by atoms with Crippen molar-refractivity contribution in [3.63, 3.8) is 0 Å². The zero-order valence-electron chi connectivity index (χ0n) is 21.5. The fourth-order valence-electron chi connectivity index (χ4n) is 5.47. The molecule has 2 bridgehead atoms. The fraction of sp³-hybridized carbons (Fsp3) is 0.864. The second-order valence-electron chi connectivity index (χ2n) is 10.5. The van der Waals surface area contributed by atoms with Crippen LogP contribution >= 0.6 is 0 Å². The molecule has 2 aliphatic carbocycles. The van der Waals surface area contributed by atoms with Crippen LogP contribution in [0.2, 0.25) is 0 Å². The summed E-state index contributed by atoms with van der Waals surface area (Å²) < 4.78 is 158. The molecule has 20 heteroatoms. The van der Waals surface area contributed by atoms with Crippen molar-refractivity contribution < 1.29 is 86.2 Å². The van der Waals surface area contributed by atoms with E-state index < -0.39 is 102 Å². The van der Waals surface area contributed by atoms with Crippen LogP contribution in [0.5, 0.6) is 0 Å². The van der Waals surface area contributed by atoms with Gasteiger partial charge in [-0.15, -0.1) is 0 Å². The van der Waals surface area contributed by atoms with Crippen LogP contribution in [0, 0.1) is 23.2 Å². The van der Waals surface area contributed by atoms with Gasteiger partial charge in [-0.25, -0.2) is 14.4 Å². The number of esters is 3. The van der Waals surface area contributed by atoms with Gasteiger partial charge in [0, 0.05) is 11.8 Å². The molecule has 3 unspecified atom stereocenters. The second-order valence-corrected chi connectivity index (χ2v) is 12.0. The monoisotopic (exact) mass is 650 g/mol. The molecule has 3 fully saturated rings. The van der Waals surface area contributed by atoms with Crippen LogP contribution in [-0.4, -0.2) is 87.3 Å². The van der Waals surface area contributed by atoms with Gasteiger partial charge in [-0.1, -0.05) is 12.8 Å². The highest BCUT2D eigenvalue weighted by molar-refractivity contribution is 7.87. The van der Waals surface area contributed by atoms with Gasteiger partial charge in [0.15, 0.2) is 5.79 Å². The highest BCUT2D eigenvalue weighted by Crippen LogP contribution is 2.54. The summed E-state index contributed by atoms with van der Waals surface area (Å²) in [5.74, 6) is -10.6. The minimum absolute atomic E-state index is 0.0775. The molecule has 1 saturated heterocycles. The van der Waals surface area contributed by atoms with E-state index in [4.69, 9.17) is 14.0 Å². The van der Waals surface area contributed by atoms with Gasteiger partial charge in [-0.2, -0.15) is 43.5 Å². The number of rotatable bonds is 9. The van der Waals surface area contributed by atoms with Crippen molar-refractivity contribution in [3.8, 4) is 0 Å². The first kappa shape index (κ1) is 34.2. The average molecular weight is 650 g/mol. The van der Waals surface area contributed by atoms with Gasteiger partial charge < -0.3 is 23.7 Å². The topological polar surface area (TPSA) is 152 Å². The van der Waals surface area contributed by atoms with Gasteiger partial charge in [-0.3, -0.25) is 4.55 Å². The third-order valence-corrected chi connectivity index (χ3v) is 8.30. The number of carbonyl (C=O) groups is 3. The van der Waals surface area contributed by atoms with Crippen LogP contribution in [0.15, 0.2) is 0 Å². The van der Waals surface area contributed by atoms with Gasteiger partial charge in [0.25, 0.3) is 0 Å². The van der Waals surface area contributed by atoms with Crippen LogP contribution in [-0.2, 0) is 48.2 Å². The van der Waals surface area contributed by atoms with Gasteiger partial charge in [0.05, 0.1) is 25.2 Å². The molecule has 0 aromatic rings. The number of hydrogen-bond acceptors (Lipinski definition) is 10. The highest BCUT2D eigenvalue weighted by atomic mass is 32.2. The number of ether oxygens (including phenoxy) is 5. The predicted molar refractivity (Wildman–Crippen MR) is 117 cm³/mol. The quantitative estimate of drug-likeness (QED) is 0.170. The Bertz CT molecular complexity index is 1100. The Balaban J connectivity index is 1.78. The molecule has 42 heavy (non-hydrogen) atoms. The molecular formula is C22H26F8O11S. The van der Waals surface area contributed by atoms with Crippen molar-refractivity contribution in [1.29, 1.82) is 0 Å². The van der Waals surface area contributed by atoms with Gasteiger partial charge >= 0.3 is 45.6 Å². The van der Waals surface area contributed by atoms with Crippen molar-refractivity contribution in [2.45, 2.75) is 61.9 Å². The maximum absolute atomic E-state index is 13.5. The first-order valence-corrected chi connectivity index (χ1v) is 13.8. The summed E-state index contributed by atoms with van der Waals surface area (Å²) in [6.07, 6.45) is -8.37. The molecule has 3 aliphatic rings. The Hall–Kier alpha value is -2.32. The second kappa shape index (κ2) is 12.0. The molecule has 1 N–H and O–H groups in total. The molecule has 2 saturated carbocycles. The van der Waals surface area contributed by atoms with E-state index in [1.54, 1.807) is 0 Å². The molecule has 3 atom stereocenters. The van der Waals surface area contributed by atoms with Crippen molar-refractivity contribution in [2.24, 2.45) is 23.2 Å². The largest absolute Gasteiger partial charge is 0.490 e. The predicted octanol–water partition coefficient (Wildman–Crippen LogP) is 3.17. The number of carbonyl (C=O) groups excluding carboxylic acids is 3. The molecular weight excluding hydrogens is 624 g/mol. The molecule has 0 aromatic heterocycles. The lowest BCUT2D eigenvalue weighted by Gasteiger charge is -2.57. The van der Waals surface area contributed by atoms with Crippen LogP contribution in [0.25, 0.3) is 0 Å². The molecule has 1 aliphatic heterocycles. The summed E-state index contributed by atoms with van der Waals surface area (Å²) in [6.45, 7) is -4.66. The minimum Gasteiger partial charge on any atom is -0.460 e. The third-order valence-electron chi connectivity index (χ3n) is 7.49. The third kappa shape index (κ3) is 7.42. The highest BCUT2D eigenvalue weighted by Gasteiger charge is 2.59. The molecule has 0 amide bonds. The Labute approximate surface area is 232 Å². The van der Waals surface area contributed by atoms with E-state index in [-0.39, 0.29) is 12.3 Å². The lowest BCUT2D eigenvalue weighted by atomic mass is 9.63. The lowest BCUT2D eigenvalue weighted by molar-refractivity contribution is -0.372. The summed E-state index contributed by atoms with van der Waals surface area (Å²) in [4.78, 5) is 34.1. The van der Waals surface area contributed by atoms with E-state index >= 15 is 0 Å². The van der Waals surface area contributed by atoms with Crippen molar-refractivity contribution >= 4 is 28.0 Å². The summed E-state index contributed by atoms with van der Waals surface area (Å²) in [6, 6.07) is 0. The van der Waals surface area contributed by atoms with E-state index in [1.165, 1.54) is 0 Å². The zero-order valence-corrected chi connectivity index (χ0v) is 22.3. The lowest BCUT2D eigenvalue weighted by Crippen LogP contribution is -2.62. The fourth-order valence-corrected chi connectivity index (χ4v) is 5.74. The maximum Gasteiger partial charge on any atom is 0.490 e. The smallest absolute Gasteiger partial charge is 0.460 e. The van der Waals surface area contributed by atoms with Crippen molar-refractivity contribution in [1.82, 2.24) is 0 Å².